The van der Waals surface area contributed by atoms with E-state index < -0.39 is 6.36 Å². The number of hydrogen-bond donors (Lipinski definition) is 1. The average Bonchev–Trinajstić information content (AvgIpc) is 1.94. The topological polar surface area (TPSA) is 29.5 Å². The summed E-state index contributed by atoms with van der Waals surface area (Å²) in [4.78, 5) is 0. The van der Waals surface area contributed by atoms with Gasteiger partial charge >= 0.3 is 6.36 Å². The van der Waals surface area contributed by atoms with Crippen molar-refractivity contribution in [1.82, 2.24) is 0 Å². The fourth-order valence-electron chi connectivity index (χ4n) is 0.755. The highest BCUT2D eigenvalue weighted by Crippen LogP contribution is 2.16. The Balaban J connectivity index is 3.01. The molecule has 0 saturated carbocycles. The summed E-state index contributed by atoms with van der Waals surface area (Å²) in [5, 5.41) is 8.34. The minimum Gasteiger partial charge on any atom is -0.396 e. The Labute approximate surface area is 69.3 Å². The first-order valence-corrected chi connectivity index (χ1v) is 3.88. The van der Waals surface area contributed by atoms with Crippen LogP contribution in [-0.2, 0) is 4.74 Å². The number of hydrogen-bond acceptors (Lipinski definition) is 2. The molecule has 0 heterocycles. The largest absolute Gasteiger partial charge is 0.522 e. The molecule has 74 valence electrons. The van der Waals surface area contributed by atoms with E-state index in [2.05, 4.69) is 4.74 Å². The molecule has 0 spiro atoms. The molecule has 0 fully saturated rings. The quantitative estimate of drug-likeness (QED) is 0.643. The van der Waals surface area contributed by atoms with Crippen molar-refractivity contribution in [3.8, 4) is 0 Å². The number of alkyl halides is 3. The monoisotopic (exact) mass is 186 g/mol. The summed E-state index contributed by atoms with van der Waals surface area (Å²) in [6.45, 7) is -0.185. The van der Waals surface area contributed by atoms with E-state index in [1.165, 1.54) is 0 Å². The van der Waals surface area contributed by atoms with E-state index in [0.29, 0.717) is 19.3 Å². The summed E-state index contributed by atoms with van der Waals surface area (Å²) in [6, 6.07) is 0. The molecule has 0 aromatic carbocycles. The molecule has 12 heavy (non-hydrogen) atoms. The summed E-state index contributed by atoms with van der Waals surface area (Å²) in [5.74, 6) is 0. The molecule has 0 radical (unpaired) electrons. The van der Waals surface area contributed by atoms with E-state index >= 15 is 0 Å². The summed E-state index contributed by atoms with van der Waals surface area (Å²) < 4.78 is 37.7. The zero-order chi connectivity index (χ0) is 9.45. The van der Waals surface area contributed by atoms with Crippen molar-refractivity contribution < 1.29 is 23.0 Å². The average molecular weight is 186 g/mol. The molecule has 1 N–H and O–H groups in total. The Morgan fingerprint density at radius 2 is 1.58 bits per heavy atom. The molecule has 0 aromatic heterocycles. The van der Waals surface area contributed by atoms with Gasteiger partial charge in [-0.1, -0.05) is 12.8 Å². The van der Waals surface area contributed by atoms with Gasteiger partial charge in [0.1, 0.15) is 0 Å². The standard InChI is InChI=1S/C7H13F3O2/c8-7(9,10)12-6-4-2-1-3-5-11/h11H,1-6H2. The number of aliphatic hydroxyl groups is 1. The van der Waals surface area contributed by atoms with Crippen LogP contribution in [0.15, 0.2) is 0 Å². The van der Waals surface area contributed by atoms with Crippen LogP contribution >= 0.6 is 0 Å². The molecule has 0 saturated heterocycles. The first-order chi connectivity index (χ1) is 5.56. The minimum absolute atomic E-state index is 0.0973. The van der Waals surface area contributed by atoms with Crippen LogP contribution in [0.1, 0.15) is 25.7 Å². The van der Waals surface area contributed by atoms with Crippen molar-refractivity contribution in [2.45, 2.75) is 32.0 Å². The summed E-state index contributed by atoms with van der Waals surface area (Å²) in [6.07, 6.45) is -2.06. The fourth-order valence-corrected chi connectivity index (χ4v) is 0.755. The van der Waals surface area contributed by atoms with E-state index in [9.17, 15) is 13.2 Å². The lowest BCUT2D eigenvalue weighted by molar-refractivity contribution is -0.324. The van der Waals surface area contributed by atoms with Gasteiger partial charge in [0.05, 0.1) is 6.61 Å². The smallest absolute Gasteiger partial charge is 0.396 e. The first kappa shape index (κ1) is 11.7. The van der Waals surface area contributed by atoms with Crippen LogP contribution in [0.2, 0.25) is 0 Å². The van der Waals surface area contributed by atoms with Crippen LogP contribution in [-0.4, -0.2) is 24.7 Å². The van der Waals surface area contributed by atoms with Crippen LogP contribution in [0, 0.1) is 0 Å². The fraction of sp³-hybridized carbons (Fsp3) is 1.00. The second kappa shape index (κ2) is 6.25. The lowest BCUT2D eigenvalue weighted by Crippen LogP contribution is -2.13. The molecule has 2 nitrogen and oxygen atoms in total. The van der Waals surface area contributed by atoms with Crippen LogP contribution in [0.4, 0.5) is 13.2 Å². The van der Waals surface area contributed by atoms with Gasteiger partial charge in [-0.05, 0) is 12.8 Å². The summed E-state index contributed by atoms with van der Waals surface area (Å²) in [7, 11) is 0. The van der Waals surface area contributed by atoms with Crippen LogP contribution < -0.4 is 0 Å². The highest BCUT2D eigenvalue weighted by Gasteiger charge is 2.28. The molecular formula is C7H13F3O2. The van der Waals surface area contributed by atoms with Crippen molar-refractivity contribution in [2.75, 3.05) is 13.2 Å². The zero-order valence-corrected chi connectivity index (χ0v) is 6.73. The van der Waals surface area contributed by atoms with Gasteiger partial charge in [0, 0.05) is 6.61 Å². The molecule has 0 amide bonds. The number of unbranched alkanes of at least 4 members (excludes halogenated alkanes) is 3. The van der Waals surface area contributed by atoms with Gasteiger partial charge in [0.25, 0.3) is 0 Å². The Morgan fingerprint density at radius 3 is 2.08 bits per heavy atom. The highest BCUT2D eigenvalue weighted by atomic mass is 19.4. The van der Waals surface area contributed by atoms with Crippen molar-refractivity contribution in [3.05, 3.63) is 0 Å². The van der Waals surface area contributed by atoms with E-state index in [4.69, 9.17) is 5.11 Å². The summed E-state index contributed by atoms with van der Waals surface area (Å²) >= 11 is 0. The molecule has 0 aliphatic carbocycles. The van der Waals surface area contributed by atoms with E-state index in [1.54, 1.807) is 0 Å². The zero-order valence-electron chi connectivity index (χ0n) is 6.73. The van der Waals surface area contributed by atoms with Crippen molar-refractivity contribution in [1.29, 1.82) is 0 Å². The molecule has 0 atom stereocenters. The second-order valence-electron chi connectivity index (χ2n) is 2.43. The van der Waals surface area contributed by atoms with Crippen molar-refractivity contribution in [3.63, 3.8) is 0 Å². The predicted octanol–water partition coefficient (Wildman–Crippen LogP) is 2.08. The van der Waals surface area contributed by atoms with Gasteiger partial charge in [-0.15, -0.1) is 13.2 Å². The van der Waals surface area contributed by atoms with Crippen LogP contribution in [0.25, 0.3) is 0 Å². The van der Waals surface area contributed by atoms with E-state index in [-0.39, 0.29) is 13.2 Å². The van der Waals surface area contributed by atoms with Gasteiger partial charge in [0.15, 0.2) is 0 Å². The molecular weight excluding hydrogens is 173 g/mol. The Bertz CT molecular complexity index is 103. The van der Waals surface area contributed by atoms with Gasteiger partial charge < -0.3 is 5.11 Å². The summed E-state index contributed by atoms with van der Waals surface area (Å²) in [5.41, 5.74) is 0. The maximum atomic E-state index is 11.4. The van der Waals surface area contributed by atoms with Crippen molar-refractivity contribution >= 4 is 0 Å². The molecule has 0 aromatic rings. The SMILES string of the molecule is OCCCCCCOC(F)(F)F. The molecule has 5 heteroatoms. The minimum atomic E-state index is -4.50. The van der Waals surface area contributed by atoms with Gasteiger partial charge in [0.2, 0.25) is 0 Å². The first-order valence-electron chi connectivity index (χ1n) is 3.88. The van der Waals surface area contributed by atoms with Crippen molar-refractivity contribution in [2.24, 2.45) is 0 Å². The highest BCUT2D eigenvalue weighted by molar-refractivity contribution is 4.41. The Kier molecular flexibility index (Phi) is 6.10. The third-order valence-electron chi connectivity index (χ3n) is 1.32. The number of rotatable bonds is 6. The molecule has 0 unspecified atom stereocenters. The molecule has 0 bridgehead atoms. The number of aliphatic hydroxyl groups excluding tert-OH is 1. The van der Waals surface area contributed by atoms with E-state index in [1.807, 2.05) is 0 Å². The number of ether oxygens (including phenoxy) is 1. The van der Waals surface area contributed by atoms with Gasteiger partial charge in [-0.2, -0.15) is 0 Å². The molecule has 0 aliphatic rings. The van der Waals surface area contributed by atoms with Gasteiger partial charge in [-0.25, -0.2) is 0 Å². The van der Waals surface area contributed by atoms with Crippen LogP contribution in [0.5, 0.6) is 0 Å². The Hall–Kier alpha value is -0.290. The lowest BCUT2D eigenvalue weighted by atomic mass is 10.2. The maximum absolute atomic E-state index is 11.4. The number of halogens is 3. The molecule has 0 aliphatic heterocycles. The second-order valence-corrected chi connectivity index (χ2v) is 2.43. The third-order valence-corrected chi connectivity index (χ3v) is 1.32. The molecule has 0 rings (SSSR count). The van der Waals surface area contributed by atoms with Gasteiger partial charge in [-0.3, -0.25) is 4.74 Å². The predicted molar refractivity (Wildman–Crippen MR) is 37.6 cm³/mol. The normalized spacial score (nSPS) is 12.0. The third kappa shape index (κ3) is 9.71. The van der Waals surface area contributed by atoms with E-state index in [0.717, 1.165) is 6.42 Å². The maximum Gasteiger partial charge on any atom is 0.522 e. The lowest BCUT2D eigenvalue weighted by Gasteiger charge is -2.06. The Morgan fingerprint density at radius 1 is 1.00 bits per heavy atom. The van der Waals surface area contributed by atoms with Crippen LogP contribution in [0.3, 0.4) is 0 Å².